The maximum absolute atomic E-state index is 13.5. The number of benzene rings is 1. The van der Waals surface area contributed by atoms with Gasteiger partial charge in [-0.15, -0.1) is 0 Å². The largest absolute Gasteiger partial charge is 0.491 e. The predicted octanol–water partition coefficient (Wildman–Crippen LogP) is 3.66. The van der Waals surface area contributed by atoms with E-state index in [0.29, 0.717) is 41.4 Å². The topological polar surface area (TPSA) is 80.5 Å². The minimum absolute atomic E-state index is 0.267. The molecule has 2 aromatic heterocycles. The number of nitrogens with one attached hydrogen (secondary N) is 2. The van der Waals surface area contributed by atoms with Crippen molar-refractivity contribution in [3.63, 3.8) is 0 Å². The molecule has 1 aromatic carbocycles. The molecular formula is C20H26FN5O2. The molecule has 0 spiro atoms. The molecule has 0 saturated carbocycles. The quantitative estimate of drug-likeness (QED) is 0.615. The Labute approximate surface area is 163 Å². The van der Waals surface area contributed by atoms with Crippen molar-refractivity contribution in [3.8, 4) is 5.75 Å². The lowest BCUT2D eigenvalue weighted by Gasteiger charge is -2.12. The fraction of sp³-hybridized carbons (Fsp3) is 0.350. The van der Waals surface area contributed by atoms with Gasteiger partial charge >= 0.3 is 0 Å². The fourth-order valence-electron chi connectivity index (χ4n) is 2.56. The van der Waals surface area contributed by atoms with E-state index in [1.807, 2.05) is 27.7 Å². The van der Waals surface area contributed by atoms with Crippen molar-refractivity contribution in [2.24, 2.45) is 0 Å². The predicted molar refractivity (Wildman–Crippen MR) is 107 cm³/mol. The molecule has 2 N–H and O–H groups in total. The van der Waals surface area contributed by atoms with E-state index in [-0.39, 0.29) is 18.3 Å². The number of amides is 1. The molecule has 28 heavy (non-hydrogen) atoms. The molecule has 0 unspecified atom stereocenters. The van der Waals surface area contributed by atoms with Crippen LogP contribution in [0.25, 0.3) is 5.65 Å². The van der Waals surface area contributed by atoms with Gasteiger partial charge in [-0.3, -0.25) is 4.79 Å². The van der Waals surface area contributed by atoms with Gasteiger partial charge in [0.1, 0.15) is 29.6 Å². The summed E-state index contributed by atoms with van der Waals surface area (Å²) in [5.74, 6) is 0.531. The highest BCUT2D eigenvalue weighted by Gasteiger charge is 2.15. The highest BCUT2D eigenvalue weighted by atomic mass is 19.1. The Morgan fingerprint density at radius 3 is 2.71 bits per heavy atom. The summed E-state index contributed by atoms with van der Waals surface area (Å²) >= 11 is 0. The van der Waals surface area contributed by atoms with E-state index in [0.717, 1.165) is 0 Å². The molecule has 4 rings (SSSR count). The van der Waals surface area contributed by atoms with Crippen LogP contribution >= 0.6 is 0 Å². The lowest BCUT2D eigenvalue weighted by Crippen LogP contribution is -2.28. The molecule has 2 bridgehead atoms. The van der Waals surface area contributed by atoms with Crippen LogP contribution < -0.4 is 15.4 Å². The van der Waals surface area contributed by atoms with E-state index in [9.17, 15) is 9.18 Å². The van der Waals surface area contributed by atoms with E-state index < -0.39 is 0 Å². The SMILES string of the molecule is CC.CC.O=C1NCCOc2ccc(F)cc2CNc2ccn3ncc1c3n2. The summed E-state index contributed by atoms with van der Waals surface area (Å²) in [6.07, 6.45) is 3.19. The lowest BCUT2D eigenvalue weighted by molar-refractivity contribution is 0.0948. The van der Waals surface area contributed by atoms with Gasteiger partial charge < -0.3 is 15.4 Å². The number of halogens is 1. The monoisotopic (exact) mass is 387 g/mol. The Kier molecular flexibility index (Phi) is 7.74. The summed E-state index contributed by atoms with van der Waals surface area (Å²) in [7, 11) is 0. The van der Waals surface area contributed by atoms with Gasteiger partial charge in [0.25, 0.3) is 5.91 Å². The van der Waals surface area contributed by atoms with Gasteiger partial charge in [0, 0.05) is 18.3 Å². The first-order valence-electron chi connectivity index (χ1n) is 9.48. The molecule has 1 aliphatic rings. The van der Waals surface area contributed by atoms with Gasteiger partial charge in [-0.05, 0) is 24.3 Å². The summed E-state index contributed by atoms with van der Waals surface area (Å²) in [5.41, 5.74) is 1.52. The lowest BCUT2D eigenvalue weighted by atomic mass is 10.2. The maximum atomic E-state index is 13.5. The smallest absolute Gasteiger partial charge is 0.256 e. The molecule has 0 aliphatic carbocycles. The van der Waals surface area contributed by atoms with E-state index in [1.165, 1.54) is 22.8 Å². The van der Waals surface area contributed by atoms with Crippen LogP contribution in [0.2, 0.25) is 0 Å². The van der Waals surface area contributed by atoms with Gasteiger partial charge in [-0.25, -0.2) is 13.9 Å². The Morgan fingerprint density at radius 1 is 1.14 bits per heavy atom. The Hall–Kier alpha value is -3.16. The number of carbonyl (C=O) groups is 1. The molecule has 3 aromatic rings. The average Bonchev–Trinajstić information content (AvgIpc) is 3.16. The molecule has 0 saturated heterocycles. The molecular weight excluding hydrogens is 361 g/mol. The Balaban J connectivity index is 0.000000660. The number of hydrogen-bond acceptors (Lipinski definition) is 5. The highest BCUT2D eigenvalue weighted by Crippen LogP contribution is 2.21. The summed E-state index contributed by atoms with van der Waals surface area (Å²) < 4.78 is 20.7. The zero-order valence-electron chi connectivity index (χ0n) is 16.6. The van der Waals surface area contributed by atoms with Crippen LogP contribution in [0.15, 0.2) is 36.7 Å². The summed E-state index contributed by atoms with van der Waals surface area (Å²) in [6.45, 7) is 8.95. The van der Waals surface area contributed by atoms with Crippen LogP contribution in [0.4, 0.5) is 10.2 Å². The molecule has 0 atom stereocenters. The minimum atomic E-state index is -0.335. The highest BCUT2D eigenvalue weighted by molar-refractivity contribution is 5.99. The van der Waals surface area contributed by atoms with Crippen LogP contribution in [0.1, 0.15) is 43.6 Å². The van der Waals surface area contributed by atoms with Crippen molar-refractivity contribution in [1.82, 2.24) is 19.9 Å². The molecule has 1 amide bonds. The standard InChI is InChI=1S/C16H14FN5O2.2C2H6/c17-11-1-2-13-10(7-11)8-19-14-3-5-22-15(21-14)12(9-20-22)16(23)18-4-6-24-13;2*1-2/h1-3,5,7,9H,4,6,8H2,(H,18,23)(H,19,21);2*1-2H3. The minimum Gasteiger partial charge on any atom is -0.491 e. The fourth-order valence-corrected chi connectivity index (χ4v) is 2.56. The third-order valence-corrected chi connectivity index (χ3v) is 3.74. The van der Waals surface area contributed by atoms with Gasteiger partial charge in [0.2, 0.25) is 0 Å². The molecule has 7 nitrogen and oxygen atoms in total. The zero-order chi connectivity index (χ0) is 20.5. The third-order valence-electron chi connectivity index (χ3n) is 3.74. The third kappa shape index (κ3) is 4.76. The summed E-state index contributed by atoms with van der Waals surface area (Å²) in [4.78, 5) is 16.7. The number of aromatic nitrogens is 3. The normalized spacial score (nSPS) is 13.0. The Bertz CT molecular complexity index is 926. The zero-order valence-corrected chi connectivity index (χ0v) is 16.6. The van der Waals surface area contributed by atoms with Crippen molar-refractivity contribution in [2.75, 3.05) is 18.5 Å². The van der Waals surface area contributed by atoms with Crippen LogP contribution in [-0.4, -0.2) is 33.7 Å². The van der Waals surface area contributed by atoms with Crippen molar-refractivity contribution in [1.29, 1.82) is 0 Å². The molecule has 1 aliphatic heterocycles. The first-order chi connectivity index (χ1) is 13.7. The van der Waals surface area contributed by atoms with Crippen molar-refractivity contribution < 1.29 is 13.9 Å². The number of fused-ring (bicyclic) bond motifs is 2. The van der Waals surface area contributed by atoms with Gasteiger partial charge in [-0.1, -0.05) is 27.7 Å². The number of anilines is 1. The van der Waals surface area contributed by atoms with E-state index in [4.69, 9.17) is 4.74 Å². The van der Waals surface area contributed by atoms with Crippen molar-refractivity contribution in [2.45, 2.75) is 34.2 Å². The van der Waals surface area contributed by atoms with E-state index in [2.05, 4.69) is 20.7 Å². The first-order valence-corrected chi connectivity index (χ1v) is 9.48. The summed E-state index contributed by atoms with van der Waals surface area (Å²) in [6, 6.07) is 6.08. The number of carbonyl (C=O) groups excluding carboxylic acids is 1. The van der Waals surface area contributed by atoms with E-state index >= 15 is 0 Å². The second-order valence-electron chi connectivity index (χ2n) is 5.35. The van der Waals surface area contributed by atoms with Crippen molar-refractivity contribution in [3.05, 3.63) is 53.6 Å². The maximum Gasteiger partial charge on any atom is 0.256 e. The van der Waals surface area contributed by atoms with Crippen molar-refractivity contribution >= 4 is 17.4 Å². The second-order valence-corrected chi connectivity index (χ2v) is 5.35. The van der Waals surface area contributed by atoms with Crippen LogP contribution in [0.5, 0.6) is 5.75 Å². The summed E-state index contributed by atoms with van der Waals surface area (Å²) in [5, 5.41) is 10.0. The number of nitrogens with zero attached hydrogens (tertiary/aromatic N) is 3. The number of ether oxygens (including phenoxy) is 1. The van der Waals surface area contributed by atoms with Crippen LogP contribution in [0, 0.1) is 5.82 Å². The van der Waals surface area contributed by atoms with E-state index in [1.54, 1.807) is 18.3 Å². The van der Waals surface area contributed by atoms with Crippen LogP contribution in [0.3, 0.4) is 0 Å². The molecule has 0 fully saturated rings. The molecule has 150 valence electrons. The molecule has 3 heterocycles. The molecule has 0 radical (unpaired) electrons. The second kappa shape index (κ2) is 10.2. The average molecular weight is 387 g/mol. The first kappa shape index (κ1) is 21.1. The number of hydrogen-bond donors (Lipinski definition) is 2. The Morgan fingerprint density at radius 2 is 1.93 bits per heavy atom. The van der Waals surface area contributed by atoms with Gasteiger partial charge in [0.15, 0.2) is 5.65 Å². The van der Waals surface area contributed by atoms with Gasteiger partial charge in [0.05, 0.1) is 12.7 Å². The van der Waals surface area contributed by atoms with Gasteiger partial charge in [-0.2, -0.15) is 5.10 Å². The van der Waals surface area contributed by atoms with Crippen LogP contribution in [-0.2, 0) is 6.54 Å². The number of rotatable bonds is 0. The molecule has 8 heteroatoms.